The number of ether oxygens (including phenoxy) is 1. The normalized spacial score (nSPS) is 11.7. The van der Waals surface area contributed by atoms with E-state index in [-0.39, 0.29) is 23.1 Å². The molecule has 1 aromatic carbocycles. The van der Waals surface area contributed by atoms with E-state index in [4.69, 9.17) is 16.3 Å². The molecule has 0 bridgehead atoms. The van der Waals surface area contributed by atoms with Crippen LogP contribution in [0, 0.1) is 5.82 Å². The Morgan fingerprint density at radius 1 is 1.39 bits per heavy atom. The molecule has 1 rings (SSSR count). The molecule has 0 unspecified atom stereocenters. The Kier molecular flexibility index (Phi) is 6.51. The number of nitrogens with one attached hydrogen (secondary N) is 1. The maximum atomic E-state index is 13.0. The van der Waals surface area contributed by atoms with E-state index in [0.717, 1.165) is 12.1 Å². The second kappa shape index (κ2) is 7.40. The number of benzene rings is 1. The second-order valence-corrected chi connectivity index (χ2v) is 6.21. The van der Waals surface area contributed by atoms with Crippen molar-refractivity contribution < 1.29 is 17.5 Å². The molecule has 0 aromatic heterocycles. The van der Waals surface area contributed by atoms with Crippen molar-refractivity contribution in [1.82, 2.24) is 4.72 Å². The van der Waals surface area contributed by atoms with Gasteiger partial charge in [0, 0.05) is 11.9 Å². The van der Waals surface area contributed by atoms with Gasteiger partial charge in [0.15, 0.2) is 0 Å². The number of halogens is 3. The molecule has 0 amide bonds. The van der Waals surface area contributed by atoms with E-state index in [1.165, 1.54) is 6.07 Å². The molecule has 0 fully saturated rings. The molecule has 1 aromatic rings. The summed E-state index contributed by atoms with van der Waals surface area (Å²) in [6.45, 7) is 0.822. The van der Waals surface area contributed by atoms with E-state index >= 15 is 0 Å². The Hall–Kier alpha value is -0.210. The molecule has 0 saturated heterocycles. The quantitative estimate of drug-likeness (QED) is 0.599. The van der Waals surface area contributed by atoms with Gasteiger partial charge in [0.25, 0.3) is 0 Å². The zero-order valence-electron chi connectivity index (χ0n) is 9.33. The van der Waals surface area contributed by atoms with Crippen LogP contribution in [0.4, 0.5) is 4.39 Å². The highest BCUT2D eigenvalue weighted by molar-refractivity contribution is 9.09. The summed E-state index contributed by atoms with van der Waals surface area (Å²) in [5, 5.41) is 0.653. The van der Waals surface area contributed by atoms with Crippen LogP contribution in [-0.2, 0) is 14.8 Å². The smallest absolute Gasteiger partial charge is 0.242 e. The predicted octanol–water partition coefficient (Wildman–Crippen LogP) is 2.17. The first-order valence-electron chi connectivity index (χ1n) is 5.06. The minimum atomic E-state index is -3.81. The summed E-state index contributed by atoms with van der Waals surface area (Å²) in [7, 11) is -3.81. The summed E-state index contributed by atoms with van der Waals surface area (Å²) in [5.41, 5.74) is 0. The molecule has 1 N–H and O–H groups in total. The Morgan fingerprint density at radius 2 is 2.11 bits per heavy atom. The second-order valence-electron chi connectivity index (χ2n) is 3.27. The minimum Gasteiger partial charge on any atom is -0.379 e. The van der Waals surface area contributed by atoms with Gasteiger partial charge in [-0.2, -0.15) is 0 Å². The molecule has 102 valence electrons. The number of rotatable bonds is 7. The van der Waals surface area contributed by atoms with Gasteiger partial charge in [0.1, 0.15) is 10.7 Å². The topological polar surface area (TPSA) is 55.4 Å². The first-order valence-corrected chi connectivity index (χ1v) is 8.04. The van der Waals surface area contributed by atoms with E-state index in [1.54, 1.807) is 0 Å². The molecule has 0 spiro atoms. The third kappa shape index (κ3) is 4.81. The van der Waals surface area contributed by atoms with Gasteiger partial charge in [0.05, 0.1) is 18.2 Å². The van der Waals surface area contributed by atoms with Gasteiger partial charge in [-0.15, -0.1) is 0 Å². The van der Waals surface area contributed by atoms with Crippen molar-refractivity contribution in [2.75, 3.05) is 25.1 Å². The lowest BCUT2D eigenvalue weighted by Crippen LogP contribution is -2.28. The predicted molar refractivity (Wildman–Crippen MR) is 71.2 cm³/mol. The lowest BCUT2D eigenvalue weighted by molar-refractivity contribution is 0.156. The van der Waals surface area contributed by atoms with Crippen LogP contribution >= 0.6 is 27.5 Å². The van der Waals surface area contributed by atoms with Crippen LogP contribution in [-0.4, -0.2) is 33.5 Å². The zero-order chi connectivity index (χ0) is 13.6. The van der Waals surface area contributed by atoms with Gasteiger partial charge in [-0.25, -0.2) is 17.5 Å². The van der Waals surface area contributed by atoms with Crippen molar-refractivity contribution in [2.45, 2.75) is 4.90 Å². The maximum absolute atomic E-state index is 13.0. The third-order valence-electron chi connectivity index (χ3n) is 1.94. The van der Waals surface area contributed by atoms with Crippen LogP contribution in [0.2, 0.25) is 5.02 Å². The summed E-state index contributed by atoms with van der Waals surface area (Å²) in [4.78, 5) is -0.273. The number of hydrogen-bond acceptors (Lipinski definition) is 3. The lowest BCUT2D eigenvalue weighted by Gasteiger charge is -2.08. The van der Waals surface area contributed by atoms with Gasteiger partial charge >= 0.3 is 0 Å². The molecular weight excluding hydrogens is 349 g/mol. The molecule has 8 heteroatoms. The Balaban J connectivity index is 2.66. The molecule has 0 saturated carbocycles. The number of sulfonamides is 1. The van der Waals surface area contributed by atoms with Crippen LogP contribution < -0.4 is 4.72 Å². The summed E-state index contributed by atoms with van der Waals surface area (Å²) in [6, 6.07) is 3.18. The third-order valence-corrected chi connectivity index (χ3v) is 4.21. The first-order chi connectivity index (χ1) is 8.47. The van der Waals surface area contributed by atoms with Crippen LogP contribution in [0.3, 0.4) is 0 Å². The Labute approximate surface area is 119 Å². The molecule has 4 nitrogen and oxygen atoms in total. The minimum absolute atomic E-state index is 0.0229. The molecule has 0 heterocycles. The maximum Gasteiger partial charge on any atom is 0.242 e. The number of hydrogen-bond donors (Lipinski definition) is 1. The van der Waals surface area contributed by atoms with E-state index in [0.29, 0.717) is 11.9 Å². The monoisotopic (exact) mass is 359 g/mol. The zero-order valence-corrected chi connectivity index (χ0v) is 12.5. The van der Waals surface area contributed by atoms with Crippen molar-refractivity contribution in [3.63, 3.8) is 0 Å². The van der Waals surface area contributed by atoms with Crippen LogP contribution in [0.5, 0.6) is 0 Å². The summed E-state index contributed by atoms with van der Waals surface area (Å²) < 4.78 is 44.0. The van der Waals surface area contributed by atoms with Gasteiger partial charge in [-0.3, -0.25) is 0 Å². The van der Waals surface area contributed by atoms with Gasteiger partial charge in [0.2, 0.25) is 10.0 Å². The largest absolute Gasteiger partial charge is 0.379 e. The lowest BCUT2D eigenvalue weighted by atomic mass is 10.3. The highest BCUT2D eigenvalue weighted by atomic mass is 79.9. The molecule has 0 atom stereocenters. The average molecular weight is 361 g/mol. The van der Waals surface area contributed by atoms with Crippen molar-refractivity contribution in [3.8, 4) is 0 Å². The van der Waals surface area contributed by atoms with Crippen molar-refractivity contribution in [3.05, 3.63) is 29.0 Å². The molecule has 0 aliphatic heterocycles. The summed E-state index contributed by atoms with van der Waals surface area (Å²) >= 11 is 8.89. The standard InChI is InChI=1S/C10H12BrClFNO3S/c11-3-5-17-6-4-14-18(15,16)10-7-8(13)1-2-9(10)12/h1-2,7,14H,3-6H2. The Bertz CT molecular complexity index is 498. The highest BCUT2D eigenvalue weighted by Crippen LogP contribution is 2.21. The molecule has 0 aliphatic rings. The van der Waals surface area contributed by atoms with Gasteiger partial charge < -0.3 is 4.74 Å². The number of alkyl halides is 1. The highest BCUT2D eigenvalue weighted by Gasteiger charge is 2.18. The fraction of sp³-hybridized carbons (Fsp3) is 0.400. The SMILES string of the molecule is O=S(=O)(NCCOCCBr)c1cc(F)ccc1Cl. The van der Waals surface area contributed by atoms with E-state index < -0.39 is 15.8 Å². The van der Waals surface area contributed by atoms with Gasteiger partial charge in [-0.1, -0.05) is 27.5 Å². The van der Waals surface area contributed by atoms with Crippen LogP contribution in [0.1, 0.15) is 0 Å². The Morgan fingerprint density at radius 3 is 2.78 bits per heavy atom. The molecule has 18 heavy (non-hydrogen) atoms. The van der Waals surface area contributed by atoms with E-state index in [9.17, 15) is 12.8 Å². The first kappa shape index (κ1) is 15.8. The molecule has 0 radical (unpaired) electrons. The van der Waals surface area contributed by atoms with Crippen LogP contribution in [0.15, 0.2) is 23.1 Å². The van der Waals surface area contributed by atoms with E-state index in [1.807, 2.05) is 0 Å². The van der Waals surface area contributed by atoms with Crippen molar-refractivity contribution in [2.24, 2.45) is 0 Å². The average Bonchev–Trinajstić information content (AvgIpc) is 2.32. The van der Waals surface area contributed by atoms with E-state index in [2.05, 4.69) is 20.7 Å². The van der Waals surface area contributed by atoms with Crippen LogP contribution in [0.25, 0.3) is 0 Å². The molecular formula is C10H12BrClFNO3S. The summed E-state index contributed by atoms with van der Waals surface area (Å²) in [6.07, 6.45) is 0. The summed E-state index contributed by atoms with van der Waals surface area (Å²) in [5.74, 6) is -0.657. The van der Waals surface area contributed by atoms with Gasteiger partial charge in [-0.05, 0) is 18.2 Å². The van der Waals surface area contributed by atoms with Crippen molar-refractivity contribution >= 4 is 37.6 Å². The fourth-order valence-corrected chi connectivity index (χ4v) is 2.92. The fourth-order valence-electron chi connectivity index (χ4n) is 1.17. The molecule has 0 aliphatic carbocycles. The van der Waals surface area contributed by atoms with Crippen molar-refractivity contribution in [1.29, 1.82) is 0 Å².